The van der Waals surface area contributed by atoms with Crippen molar-refractivity contribution in [1.29, 1.82) is 0 Å². The van der Waals surface area contributed by atoms with Crippen molar-refractivity contribution in [2.24, 2.45) is 0 Å². The van der Waals surface area contributed by atoms with Crippen LogP contribution in [0.5, 0.6) is 0 Å². The number of ether oxygens (including phenoxy) is 6. The molecule has 5 unspecified atom stereocenters. The Morgan fingerprint density at radius 3 is 1.27 bits per heavy atom. The minimum atomic E-state index is -6.55. The van der Waals surface area contributed by atoms with E-state index in [-0.39, 0.29) is 17.5 Å². The van der Waals surface area contributed by atoms with Crippen molar-refractivity contribution in [3.8, 4) is 0 Å². The van der Waals surface area contributed by atoms with Crippen LogP contribution in [0.3, 0.4) is 0 Å². The maximum Gasteiger partial charge on any atom is 0.472 e. The molecule has 27 N–H and O–H groups in total. The van der Waals surface area contributed by atoms with Gasteiger partial charge in [0.25, 0.3) is 27.8 Å². The second-order valence-electron chi connectivity index (χ2n) is 29.8. The van der Waals surface area contributed by atoms with Crippen LogP contribution in [0.2, 0.25) is 0 Å². The number of H-pyrrole nitrogens is 5. The molecule has 0 saturated carbocycles. The number of aryl methyl sites for hydroxylation is 2. The molecule has 0 amide bonds. The highest BCUT2D eigenvalue weighted by Crippen LogP contribution is 2.67. The molecule has 6 saturated heterocycles. The van der Waals surface area contributed by atoms with E-state index in [1.807, 2.05) is 4.98 Å². The summed E-state index contributed by atoms with van der Waals surface area (Å²) in [5.74, 6) is -2.18. The molecule has 0 spiro atoms. The van der Waals surface area contributed by atoms with Gasteiger partial charge in [0.1, 0.15) is 97.6 Å². The first-order valence-corrected chi connectivity index (χ1v) is 46.5. The SMILES string of the molecule is Cc1cn([C@H]2C[C@H](O)[C@@H](COP(=O)(O)O[C@H]3[C@@H](O)[C@H](n4cnc5c(=O)[nH]c(N)nc54)O[C@@H]3COP(=O)(O)O[C@H]3[C@@H](O)[C@H](n4ccc(N)nc4=O)O[C@@H]3COP(=O)(O)O[C@H]3[C@@H](O)[C@H](n4cnc5c(=O)[nH]c(N)nc54)O[C@@H]3COP(=O)(O)[C@@]3(O)[C@@H](COP(=O)(O)[C@]4(O)C[C@H](n5cc(C)c(=O)[nH]c5=O)O[C@@H]4COP(=O)(O)O)O[C@@H](n4cnc5c(=O)[nH]c(N)nc54)[C@@H]3O)O2)c(=O)[nH]c1=O. The van der Waals surface area contributed by atoms with Crippen molar-refractivity contribution < 1.29 is 167 Å². The van der Waals surface area contributed by atoms with E-state index in [1.165, 1.54) is 13.8 Å². The zero-order chi connectivity index (χ0) is 94.3. The summed E-state index contributed by atoms with van der Waals surface area (Å²) in [6.45, 7) is -6.45. The molecule has 15 rings (SSSR count). The molecule has 71 heteroatoms. The Morgan fingerprint density at radius 1 is 0.446 bits per heavy atom. The van der Waals surface area contributed by atoms with E-state index < -0.39 is 328 Å². The number of aromatic nitrogens is 18. The van der Waals surface area contributed by atoms with Gasteiger partial charge in [-0.05, 0) is 19.9 Å². The van der Waals surface area contributed by atoms with Crippen LogP contribution in [0.1, 0.15) is 61.3 Å². The van der Waals surface area contributed by atoms with Gasteiger partial charge in [-0.3, -0.25) is 117 Å². The van der Waals surface area contributed by atoms with E-state index >= 15 is 4.57 Å². The van der Waals surface area contributed by atoms with Crippen LogP contribution < -0.4 is 67.8 Å². The van der Waals surface area contributed by atoms with Crippen LogP contribution in [-0.4, -0.2) is 293 Å². The number of anilines is 4. The first kappa shape index (κ1) is 95.3. The van der Waals surface area contributed by atoms with E-state index in [2.05, 4.69) is 59.3 Å². The number of aliphatic hydroxyl groups is 7. The summed E-state index contributed by atoms with van der Waals surface area (Å²) in [6.07, 6.45) is -41.1. The molecule has 130 heavy (non-hydrogen) atoms. The Labute approximate surface area is 715 Å². The second kappa shape index (κ2) is 35.3. The molecule has 65 nitrogen and oxygen atoms in total. The summed E-state index contributed by atoms with van der Waals surface area (Å²) in [4.78, 5) is 218. The van der Waals surface area contributed by atoms with Gasteiger partial charge < -0.3 is 130 Å². The number of rotatable bonds is 32. The molecule has 6 fully saturated rings. The standard InChI is InChI=1S/C59H76N22O43P6/c1-18-7-77(56(93)74-43(18)87)28-5-20(82)21(116-28)9-113-128(104,105)124-38-24(119-50(35(38)85)80-16-65-31-41(80)69-53(62)72-46(31)90)12-115-130(108,109)123-37-23(117-48(33(37)83)76-4-3-27(60)67-55(76)92)11-114-129(106,107)122-36-22(118-49(34(36)84)79-15-64-30-40(79)68-52(61)71-45(30)89)10-110-126(99,100)59(96)26(121-51(39(59)86)81-17-66-32-42(81)70-54(63)73-47(32)91)14-111-125(97,98)58(95)6-29(120-25(58)13-112-127(101,102)103)78-8-19(2)44(88)75-57(78)94/h3-4,7-8,15-17,20-26,28-29,33-39,48-51,82-86,95-96H,5-6,9-14H2,1-2H3,(H,97,98)(H,99,100)(H,104,105)(H,106,107)(H,108,109)(H2,60,67,92)(H,74,87,93)(H,75,88,94)(H2,101,102,103)(H3,61,68,71,89)(H3,62,69,72,90)(H3,63,70,73,91)/t20-,21+,22+,23+,24+,25+,26+,28+,29+,33+,34+,35+,36+,37+,38+,39-,48+,49+,50+,51+,58+,59-/m0/s1. The molecule has 710 valence electrons. The Morgan fingerprint density at radius 2 is 0.838 bits per heavy atom. The molecule has 6 aliphatic rings. The smallest absolute Gasteiger partial charge is 0.390 e. The fourth-order valence-electron chi connectivity index (χ4n) is 14.9. The second-order valence-corrected chi connectivity index (χ2v) is 39.3. The number of phosphoric ester groups is 4. The van der Waals surface area contributed by atoms with Crippen LogP contribution in [-0.2, 0) is 96.5 Å². The summed E-state index contributed by atoms with van der Waals surface area (Å²) in [5.41, 5.74) is 11.7. The molecular formula is C59H76N22O43P6. The van der Waals surface area contributed by atoms with Gasteiger partial charge in [-0.1, -0.05) is 0 Å². The summed E-state index contributed by atoms with van der Waals surface area (Å²) in [5, 5.41) is 76.8. The first-order chi connectivity index (χ1) is 60.7. The van der Waals surface area contributed by atoms with E-state index in [9.17, 15) is 131 Å². The number of nitrogen functional groups attached to an aromatic ring is 4. The van der Waals surface area contributed by atoms with Gasteiger partial charge in [0.05, 0.1) is 64.7 Å². The fourth-order valence-corrected chi connectivity index (χ4v) is 21.1. The normalized spacial score (nSPS) is 31.9. The molecule has 0 radical (unpaired) electrons. The lowest BCUT2D eigenvalue weighted by Crippen LogP contribution is -2.50. The van der Waals surface area contributed by atoms with Crippen molar-refractivity contribution in [3.05, 3.63) is 138 Å². The van der Waals surface area contributed by atoms with Crippen LogP contribution in [0.25, 0.3) is 33.5 Å². The minimum Gasteiger partial charge on any atom is -0.390 e. The van der Waals surface area contributed by atoms with Gasteiger partial charge in [-0.2, -0.15) is 19.9 Å². The third kappa shape index (κ3) is 18.4. The Hall–Kier alpha value is -9.29. The summed E-state index contributed by atoms with van der Waals surface area (Å²) in [6, 6.07) is 0.984. The number of nitrogens with one attached hydrogen (secondary N) is 5. The van der Waals surface area contributed by atoms with E-state index in [0.29, 0.717) is 20.0 Å². The zero-order valence-corrected chi connectivity index (χ0v) is 71.0. The number of aliphatic hydroxyl groups excluding tert-OH is 5. The van der Waals surface area contributed by atoms with E-state index in [1.54, 1.807) is 0 Å². The lowest BCUT2D eigenvalue weighted by Gasteiger charge is -2.36. The van der Waals surface area contributed by atoms with Crippen molar-refractivity contribution in [1.82, 2.24) is 87.2 Å². The highest BCUT2D eigenvalue weighted by atomic mass is 31.2. The average Bonchev–Trinajstić information content (AvgIpc) is 1.56. The molecule has 0 bridgehead atoms. The van der Waals surface area contributed by atoms with Gasteiger partial charge >= 0.3 is 63.6 Å². The monoisotopic (exact) mass is 1970 g/mol. The number of hydrogen-bond donors (Lipinski definition) is 23. The average molecular weight is 1970 g/mol. The van der Waals surface area contributed by atoms with Gasteiger partial charge in [0, 0.05) is 42.6 Å². The molecule has 0 aliphatic carbocycles. The Balaban J connectivity index is 0.697. The largest absolute Gasteiger partial charge is 0.472 e. The van der Waals surface area contributed by atoms with Crippen LogP contribution in [0.15, 0.2) is 82.0 Å². The van der Waals surface area contributed by atoms with Gasteiger partial charge in [0.15, 0.2) is 63.7 Å². The lowest BCUT2D eigenvalue weighted by molar-refractivity contribution is -0.0763. The fraction of sp³-hybridized carbons (Fsp3) is 0.542. The molecular weight excluding hydrogens is 1890 g/mol. The quantitative estimate of drug-likeness (QED) is 0.0174. The summed E-state index contributed by atoms with van der Waals surface area (Å²) >= 11 is 0. The van der Waals surface area contributed by atoms with Crippen LogP contribution in [0.4, 0.5) is 23.7 Å². The number of fused-ring (bicyclic) bond motifs is 3. The topological polar surface area (TPSA) is 963 Å². The van der Waals surface area contributed by atoms with Crippen molar-refractivity contribution in [3.63, 3.8) is 0 Å². The number of nitrogens with two attached hydrogens (primary N) is 4. The van der Waals surface area contributed by atoms with Crippen molar-refractivity contribution >= 4 is 104 Å². The number of imidazole rings is 3. The first-order valence-electron chi connectivity index (χ1n) is 37.3. The summed E-state index contributed by atoms with van der Waals surface area (Å²) in [7, 11) is -36.2. The minimum absolute atomic E-state index is 0.0558. The van der Waals surface area contributed by atoms with E-state index in [4.69, 9.17) is 87.5 Å². The molecule has 6 aliphatic heterocycles. The highest BCUT2D eigenvalue weighted by molar-refractivity contribution is 7.55. The third-order valence-electron chi connectivity index (χ3n) is 21.3. The predicted molar refractivity (Wildman–Crippen MR) is 417 cm³/mol. The lowest BCUT2D eigenvalue weighted by atomic mass is 10.1. The Kier molecular flexibility index (Phi) is 25.9. The molecule has 9 aromatic rings. The number of aromatic amines is 5. The molecule has 27 atom stereocenters. The third-order valence-corrected chi connectivity index (χ3v) is 28.6. The molecule has 9 aromatic heterocycles. The predicted octanol–water partition coefficient (Wildman–Crippen LogP) is -8.94. The molecule has 0 aromatic carbocycles. The molecule has 15 heterocycles. The van der Waals surface area contributed by atoms with Crippen LogP contribution in [0, 0.1) is 13.8 Å². The van der Waals surface area contributed by atoms with Crippen LogP contribution >= 0.6 is 46.5 Å². The van der Waals surface area contributed by atoms with Gasteiger partial charge in [0.2, 0.25) is 23.2 Å². The Bertz CT molecular complexity index is 6730. The zero-order valence-electron chi connectivity index (χ0n) is 65.7. The van der Waals surface area contributed by atoms with Crippen molar-refractivity contribution in [2.45, 2.75) is 160 Å². The van der Waals surface area contributed by atoms with Crippen molar-refractivity contribution in [2.75, 3.05) is 62.6 Å². The maximum atomic E-state index is 15.3. The maximum absolute atomic E-state index is 15.3. The number of phosphoric acid groups is 4. The number of nitrogens with zero attached hydrogens (tertiary/aromatic N) is 13. The van der Waals surface area contributed by atoms with Gasteiger partial charge in [-0.25, -0.2) is 47.6 Å². The summed E-state index contributed by atoms with van der Waals surface area (Å²) < 4.78 is 172. The van der Waals surface area contributed by atoms with E-state index in [0.717, 1.165) is 51.0 Å². The number of hydrogen-bond acceptors (Lipinski definition) is 47. The highest BCUT2D eigenvalue weighted by Gasteiger charge is 2.70. The van der Waals surface area contributed by atoms with Gasteiger partial charge in [-0.15, -0.1) is 0 Å².